The molecule has 0 spiro atoms. The summed E-state index contributed by atoms with van der Waals surface area (Å²) in [6, 6.07) is 24.1. The molecule has 150 valence electrons. The van der Waals surface area contributed by atoms with E-state index >= 15 is 0 Å². The van der Waals surface area contributed by atoms with Crippen LogP contribution in [0.3, 0.4) is 0 Å². The predicted octanol–water partition coefficient (Wildman–Crippen LogP) is 5.06. The Morgan fingerprint density at radius 2 is 1.43 bits per heavy atom. The van der Waals surface area contributed by atoms with Crippen LogP contribution in [0.1, 0.15) is 11.1 Å². The first-order valence-electron chi connectivity index (χ1n) is 9.51. The molecule has 0 radical (unpaired) electrons. The Balaban J connectivity index is 1.68. The third-order valence-electron chi connectivity index (χ3n) is 4.61. The first-order chi connectivity index (χ1) is 14.7. The summed E-state index contributed by atoms with van der Waals surface area (Å²) in [6.45, 7) is 1.31. The highest BCUT2D eigenvalue weighted by atomic mass is 35.5. The van der Waals surface area contributed by atoms with Crippen molar-refractivity contribution in [3.8, 4) is 0 Å². The van der Waals surface area contributed by atoms with Crippen LogP contribution in [0.2, 0.25) is 5.15 Å². The summed E-state index contributed by atoms with van der Waals surface area (Å²) in [5, 5.41) is 3.52. The number of aromatic nitrogens is 3. The lowest BCUT2D eigenvalue weighted by Crippen LogP contribution is -2.24. The predicted molar refractivity (Wildman–Crippen MR) is 122 cm³/mol. The molecule has 6 nitrogen and oxygen atoms in total. The van der Waals surface area contributed by atoms with Gasteiger partial charge in [0.05, 0.1) is 5.69 Å². The van der Waals surface area contributed by atoms with Crippen LogP contribution in [0.4, 0.5) is 23.0 Å². The summed E-state index contributed by atoms with van der Waals surface area (Å²) in [6.07, 6.45) is 3.13. The molecule has 0 bridgehead atoms. The van der Waals surface area contributed by atoms with E-state index in [9.17, 15) is 0 Å². The molecule has 4 rings (SSSR count). The summed E-state index contributed by atoms with van der Waals surface area (Å²) in [5.41, 5.74) is 9.90. The number of rotatable bonds is 7. The minimum absolute atomic E-state index is 0.350. The molecular weight excluding hydrogens is 396 g/mol. The molecule has 0 saturated carbocycles. The monoisotopic (exact) mass is 416 g/mol. The second kappa shape index (κ2) is 9.24. The molecule has 0 unspecified atom stereocenters. The molecular formula is C23H21ClN6. The van der Waals surface area contributed by atoms with Gasteiger partial charge in [0.25, 0.3) is 0 Å². The van der Waals surface area contributed by atoms with Gasteiger partial charge in [-0.25, -0.2) is 15.0 Å². The van der Waals surface area contributed by atoms with E-state index in [2.05, 4.69) is 49.4 Å². The van der Waals surface area contributed by atoms with E-state index in [0.29, 0.717) is 41.3 Å². The van der Waals surface area contributed by atoms with Crippen LogP contribution < -0.4 is 16.0 Å². The fourth-order valence-electron chi connectivity index (χ4n) is 3.16. The van der Waals surface area contributed by atoms with E-state index in [0.717, 1.165) is 11.1 Å². The highest BCUT2D eigenvalue weighted by molar-refractivity contribution is 6.32. The van der Waals surface area contributed by atoms with E-state index < -0.39 is 0 Å². The molecule has 0 aliphatic rings. The maximum Gasteiger partial charge on any atom is 0.159 e. The van der Waals surface area contributed by atoms with Gasteiger partial charge in [-0.05, 0) is 23.3 Å². The standard InChI is InChI=1S/C23H21ClN6/c24-21-19(12-7-13-26-21)29-22-20(25)23(28-16-27-22)30(14-17-8-3-1-4-9-17)15-18-10-5-2-6-11-18/h1-13,16H,14-15,25H2,(H,27,28,29). The quantitative estimate of drug-likeness (QED) is 0.410. The maximum atomic E-state index is 6.50. The van der Waals surface area contributed by atoms with Crippen molar-refractivity contribution in [1.82, 2.24) is 15.0 Å². The largest absolute Gasteiger partial charge is 0.393 e. The zero-order chi connectivity index (χ0) is 20.8. The molecule has 0 aliphatic heterocycles. The van der Waals surface area contributed by atoms with Crippen molar-refractivity contribution in [2.24, 2.45) is 0 Å². The lowest BCUT2D eigenvalue weighted by atomic mass is 10.1. The van der Waals surface area contributed by atoms with Crippen molar-refractivity contribution in [3.63, 3.8) is 0 Å². The second-order valence-corrected chi connectivity index (χ2v) is 7.11. The van der Waals surface area contributed by atoms with Crippen molar-refractivity contribution >= 4 is 34.6 Å². The van der Waals surface area contributed by atoms with Gasteiger partial charge in [-0.2, -0.15) is 0 Å². The van der Waals surface area contributed by atoms with Gasteiger partial charge in [0.2, 0.25) is 0 Å². The molecule has 0 amide bonds. The normalized spacial score (nSPS) is 10.6. The molecule has 7 heteroatoms. The zero-order valence-electron chi connectivity index (χ0n) is 16.2. The summed E-state index contributed by atoms with van der Waals surface area (Å²) in [5.74, 6) is 1.14. The highest BCUT2D eigenvalue weighted by Gasteiger charge is 2.17. The van der Waals surface area contributed by atoms with Crippen molar-refractivity contribution in [2.45, 2.75) is 13.1 Å². The Hall–Kier alpha value is -3.64. The number of nitrogens with one attached hydrogen (secondary N) is 1. The molecule has 2 heterocycles. The van der Waals surface area contributed by atoms with Gasteiger partial charge in [0.1, 0.15) is 12.0 Å². The minimum atomic E-state index is 0.350. The van der Waals surface area contributed by atoms with Crippen LogP contribution in [0.5, 0.6) is 0 Å². The Labute approximate surface area is 180 Å². The van der Waals surface area contributed by atoms with Crippen LogP contribution in [0.25, 0.3) is 0 Å². The zero-order valence-corrected chi connectivity index (χ0v) is 17.0. The molecule has 2 aromatic carbocycles. The lowest BCUT2D eigenvalue weighted by Gasteiger charge is -2.26. The van der Waals surface area contributed by atoms with Crippen LogP contribution in [-0.4, -0.2) is 15.0 Å². The molecule has 0 atom stereocenters. The van der Waals surface area contributed by atoms with E-state index in [-0.39, 0.29) is 0 Å². The highest BCUT2D eigenvalue weighted by Crippen LogP contribution is 2.32. The van der Waals surface area contributed by atoms with Crippen LogP contribution in [0, 0.1) is 0 Å². The molecule has 0 saturated heterocycles. The minimum Gasteiger partial charge on any atom is -0.393 e. The first-order valence-corrected chi connectivity index (χ1v) is 9.89. The fourth-order valence-corrected chi connectivity index (χ4v) is 3.32. The average Bonchev–Trinajstić information content (AvgIpc) is 2.78. The number of hydrogen-bond donors (Lipinski definition) is 2. The van der Waals surface area contributed by atoms with Crippen molar-refractivity contribution < 1.29 is 0 Å². The smallest absolute Gasteiger partial charge is 0.159 e. The molecule has 4 aromatic rings. The van der Waals surface area contributed by atoms with Crippen molar-refractivity contribution in [3.05, 3.63) is 102 Å². The maximum absolute atomic E-state index is 6.50. The summed E-state index contributed by atoms with van der Waals surface area (Å²) in [4.78, 5) is 15.0. The first kappa shape index (κ1) is 19.7. The number of nitrogens with zero attached hydrogens (tertiary/aromatic N) is 4. The van der Waals surface area contributed by atoms with Gasteiger partial charge in [0, 0.05) is 19.3 Å². The third-order valence-corrected chi connectivity index (χ3v) is 4.91. The fraction of sp³-hybridized carbons (Fsp3) is 0.0870. The Bertz CT molecular complexity index is 1060. The topological polar surface area (TPSA) is 80.0 Å². The Morgan fingerprint density at radius 1 is 0.800 bits per heavy atom. The molecule has 3 N–H and O–H groups in total. The number of anilines is 4. The van der Waals surface area contributed by atoms with Gasteiger partial charge in [-0.15, -0.1) is 0 Å². The lowest BCUT2D eigenvalue weighted by molar-refractivity contribution is 0.782. The number of nitrogen functional groups attached to an aromatic ring is 1. The summed E-state index contributed by atoms with van der Waals surface area (Å²) in [7, 11) is 0. The van der Waals surface area contributed by atoms with Gasteiger partial charge < -0.3 is 16.0 Å². The Kier molecular flexibility index (Phi) is 6.06. The Morgan fingerprint density at radius 3 is 2.03 bits per heavy atom. The molecule has 30 heavy (non-hydrogen) atoms. The second-order valence-electron chi connectivity index (χ2n) is 6.75. The van der Waals surface area contributed by atoms with E-state index in [1.165, 1.54) is 6.33 Å². The van der Waals surface area contributed by atoms with E-state index in [4.69, 9.17) is 17.3 Å². The number of pyridine rings is 1. The van der Waals surface area contributed by atoms with Crippen LogP contribution >= 0.6 is 11.6 Å². The van der Waals surface area contributed by atoms with Gasteiger partial charge >= 0.3 is 0 Å². The SMILES string of the molecule is Nc1c(Nc2cccnc2Cl)ncnc1N(Cc1ccccc1)Cc1ccccc1. The number of nitrogens with two attached hydrogens (primary N) is 1. The average molecular weight is 417 g/mol. The van der Waals surface area contributed by atoms with Gasteiger partial charge in [-0.1, -0.05) is 72.3 Å². The molecule has 0 fully saturated rings. The van der Waals surface area contributed by atoms with Crippen LogP contribution in [0.15, 0.2) is 85.3 Å². The third kappa shape index (κ3) is 4.67. The van der Waals surface area contributed by atoms with E-state index in [1.807, 2.05) is 42.5 Å². The summed E-state index contributed by atoms with van der Waals surface area (Å²) < 4.78 is 0. The number of benzene rings is 2. The van der Waals surface area contributed by atoms with Crippen molar-refractivity contribution in [2.75, 3.05) is 16.0 Å². The van der Waals surface area contributed by atoms with Gasteiger partial charge in [-0.3, -0.25) is 0 Å². The van der Waals surface area contributed by atoms with Gasteiger partial charge in [0.15, 0.2) is 16.8 Å². The number of hydrogen-bond acceptors (Lipinski definition) is 6. The van der Waals surface area contributed by atoms with Crippen LogP contribution in [-0.2, 0) is 13.1 Å². The molecule has 0 aliphatic carbocycles. The van der Waals surface area contributed by atoms with Crippen molar-refractivity contribution in [1.29, 1.82) is 0 Å². The number of halogens is 1. The summed E-state index contributed by atoms with van der Waals surface area (Å²) >= 11 is 6.18. The molecule has 2 aromatic heterocycles. The van der Waals surface area contributed by atoms with E-state index in [1.54, 1.807) is 12.3 Å².